The quantitative estimate of drug-likeness (QED) is 0.812. The second kappa shape index (κ2) is 7.31. The molecule has 116 valence electrons. The highest BCUT2D eigenvalue weighted by Crippen LogP contribution is 2.25. The molecule has 22 heavy (non-hydrogen) atoms. The number of hydrogen-bond acceptors (Lipinski definition) is 3. The highest BCUT2D eigenvalue weighted by atomic mass is 79.9. The molecule has 2 rings (SSSR count). The topological polar surface area (TPSA) is 38.8 Å². The Morgan fingerprint density at radius 3 is 2.36 bits per heavy atom. The van der Waals surface area contributed by atoms with E-state index < -0.39 is 0 Å². The largest absolute Gasteiger partial charge is 0.497 e. The normalized spacial score (nSPS) is 10.2. The van der Waals surface area contributed by atoms with Gasteiger partial charge < -0.3 is 14.4 Å². The van der Waals surface area contributed by atoms with E-state index in [0.29, 0.717) is 23.6 Å². The molecule has 0 aliphatic rings. The van der Waals surface area contributed by atoms with E-state index in [-0.39, 0.29) is 5.91 Å². The number of nitrogens with zero attached hydrogens (tertiary/aromatic N) is 1. The maximum absolute atomic E-state index is 12.6. The first-order valence-corrected chi connectivity index (χ1v) is 7.56. The van der Waals surface area contributed by atoms with Gasteiger partial charge in [0.25, 0.3) is 5.91 Å². The van der Waals surface area contributed by atoms with Crippen LogP contribution in [-0.2, 0) is 6.54 Å². The zero-order valence-corrected chi connectivity index (χ0v) is 14.4. The van der Waals surface area contributed by atoms with Gasteiger partial charge in [-0.05, 0) is 35.9 Å². The van der Waals surface area contributed by atoms with Crippen molar-refractivity contribution >= 4 is 21.8 Å². The molecule has 0 aromatic heterocycles. The number of rotatable bonds is 5. The molecule has 4 nitrogen and oxygen atoms in total. The summed E-state index contributed by atoms with van der Waals surface area (Å²) in [7, 11) is 4.89. The lowest BCUT2D eigenvalue weighted by molar-refractivity contribution is 0.0781. The van der Waals surface area contributed by atoms with Crippen molar-refractivity contribution in [1.29, 1.82) is 0 Å². The number of methoxy groups -OCH3 is 2. The average molecular weight is 364 g/mol. The fourth-order valence-corrected chi connectivity index (χ4v) is 2.39. The van der Waals surface area contributed by atoms with Gasteiger partial charge in [-0.25, -0.2) is 0 Å². The molecule has 0 aliphatic heterocycles. The van der Waals surface area contributed by atoms with E-state index in [1.54, 1.807) is 44.4 Å². The lowest BCUT2D eigenvalue weighted by Gasteiger charge is -2.19. The molecule has 0 unspecified atom stereocenters. The molecule has 0 bridgehead atoms. The van der Waals surface area contributed by atoms with Gasteiger partial charge in [0, 0.05) is 18.1 Å². The van der Waals surface area contributed by atoms with E-state index in [0.717, 1.165) is 10.0 Å². The summed E-state index contributed by atoms with van der Waals surface area (Å²) in [5, 5.41) is 0. The van der Waals surface area contributed by atoms with Crippen LogP contribution in [0.3, 0.4) is 0 Å². The predicted octanol–water partition coefficient (Wildman–Crippen LogP) is 3.74. The van der Waals surface area contributed by atoms with Crippen LogP contribution in [0.1, 0.15) is 15.9 Å². The molecule has 0 saturated heterocycles. The van der Waals surface area contributed by atoms with Gasteiger partial charge in [-0.15, -0.1) is 0 Å². The van der Waals surface area contributed by atoms with Gasteiger partial charge in [0.1, 0.15) is 11.5 Å². The summed E-state index contributed by atoms with van der Waals surface area (Å²) in [6.07, 6.45) is 0. The van der Waals surface area contributed by atoms with E-state index in [9.17, 15) is 4.79 Å². The number of carbonyl (C=O) groups is 1. The second-order valence-electron chi connectivity index (χ2n) is 4.85. The van der Waals surface area contributed by atoms with Gasteiger partial charge in [-0.2, -0.15) is 0 Å². The highest BCUT2D eigenvalue weighted by molar-refractivity contribution is 9.10. The van der Waals surface area contributed by atoms with Crippen LogP contribution >= 0.6 is 15.9 Å². The molecular weight excluding hydrogens is 346 g/mol. The van der Waals surface area contributed by atoms with Crippen molar-refractivity contribution in [3.63, 3.8) is 0 Å². The lowest BCUT2D eigenvalue weighted by Crippen LogP contribution is -2.26. The zero-order chi connectivity index (χ0) is 16.1. The maximum atomic E-state index is 12.6. The van der Waals surface area contributed by atoms with Crippen LogP contribution < -0.4 is 9.47 Å². The van der Waals surface area contributed by atoms with E-state index >= 15 is 0 Å². The van der Waals surface area contributed by atoms with E-state index in [1.165, 1.54) is 0 Å². The minimum Gasteiger partial charge on any atom is -0.497 e. The van der Waals surface area contributed by atoms with Crippen molar-refractivity contribution in [3.05, 3.63) is 58.1 Å². The molecule has 0 spiro atoms. The van der Waals surface area contributed by atoms with Gasteiger partial charge in [0.2, 0.25) is 0 Å². The third-order valence-corrected chi connectivity index (χ3v) is 3.85. The standard InChI is InChI=1S/C17H18BrNO3/c1-19(11-12-4-6-13(18)7-5-12)17(20)15-10-14(21-2)8-9-16(15)22-3/h4-10H,11H2,1-3H3. The first-order chi connectivity index (χ1) is 10.5. The van der Waals surface area contributed by atoms with Crippen LogP contribution in [0.5, 0.6) is 11.5 Å². The summed E-state index contributed by atoms with van der Waals surface area (Å²) in [5.74, 6) is 1.05. The van der Waals surface area contributed by atoms with Gasteiger partial charge >= 0.3 is 0 Å². The van der Waals surface area contributed by atoms with E-state index in [1.807, 2.05) is 24.3 Å². The predicted molar refractivity (Wildman–Crippen MR) is 89.5 cm³/mol. The van der Waals surface area contributed by atoms with Crippen molar-refractivity contribution < 1.29 is 14.3 Å². The molecule has 0 saturated carbocycles. The summed E-state index contributed by atoms with van der Waals surface area (Å²) in [4.78, 5) is 14.3. The Kier molecular flexibility index (Phi) is 5.44. The fraction of sp³-hybridized carbons (Fsp3) is 0.235. The minimum absolute atomic E-state index is 0.112. The van der Waals surface area contributed by atoms with E-state index in [2.05, 4.69) is 15.9 Å². The Morgan fingerprint density at radius 2 is 1.77 bits per heavy atom. The number of ether oxygens (including phenoxy) is 2. The Hall–Kier alpha value is -2.01. The monoisotopic (exact) mass is 363 g/mol. The lowest BCUT2D eigenvalue weighted by atomic mass is 10.1. The molecule has 0 fully saturated rings. The average Bonchev–Trinajstić information content (AvgIpc) is 2.55. The number of carbonyl (C=O) groups excluding carboxylic acids is 1. The minimum atomic E-state index is -0.112. The molecule has 0 aliphatic carbocycles. The molecule has 0 atom stereocenters. The smallest absolute Gasteiger partial charge is 0.257 e. The molecular formula is C17H18BrNO3. The fourth-order valence-electron chi connectivity index (χ4n) is 2.12. The summed E-state index contributed by atoms with van der Waals surface area (Å²) in [6.45, 7) is 0.520. The number of benzene rings is 2. The summed E-state index contributed by atoms with van der Waals surface area (Å²) >= 11 is 3.40. The van der Waals surface area contributed by atoms with E-state index in [4.69, 9.17) is 9.47 Å². The third-order valence-electron chi connectivity index (χ3n) is 3.32. The summed E-state index contributed by atoms with van der Waals surface area (Å²) < 4.78 is 11.5. The van der Waals surface area contributed by atoms with Crippen LogP contribution in [0.25, 0.3) is 0 Å². The maximum Gasteiger partial charge on any atom is 0.257 e. The first-order valence-electron chi connectivity index (χ1n) is 6.77. The summed E-state index contributed by atoms with van der Waals surface area (Å²) in [5.41, 5.74) is 1.54. The number of halogens is 1. The summed E-state index contributed by atoms with van der Waals surface area (Å²) in [6, 6.07) is 13.1. The molecule has 1 amide bonds. The Balaban J connectivity index is 2.21. The molecule has 2 aromatic carbocycles. The van der Waals surface area contributed by atoms with Crippen LogP contribution in [-0.4, -0.2) is 32.1 Å². The SMILES string of the molecule is COc1ccc(OC)c(C(=O)N(C)Cc2ccc(Br)cc2)c1. The van der Waals surface area contributed by atoms with Crippen LogP contribution in [0.15, 0.2) is 46.9 Å². The van der Waals surface area contributed by atoms with Gasteiger partial charge in [-0.1, -0.05) is 28.1 Å². The number of hydrogen-bond donors (Lipinski definition) is 0. The van der Waals surface area contributed by atoms with Gasteiger partial charge in [0.15, 0.2) is 0 Å². The van der Waals surface area contributed by atoms with Crippen molar-refractivity contribution in [2.45, 2.75) is 6.54 Å². The molecule has 2 aromatic rings. The van der Waals surface area contributed by atoms with Crippen LogP contribution in [0.4, 0.5) is 0 Å². The Bertz CT molecular complexity index is 655. The Labute approximate surface area is 138 Å². The van der Waals surface area contributed by atoms with Crippen molar-refractivity contribution in [3.8, 4) is 11.5 Å². The molecule has 0 N–H and O–H groups in total. The molecule has 0 radical (unpaired) electrons. The third kappa shape index (κ3) is 3.80. The highest BCUT2D eigenvalue weighted by Gasteiger charge is 2.18. The second-order valence-corrected chi connectivity index (χ2v) is 5.77. The van der Waals surface area contributed by atoms with Crippen molar-refractivity contribution in [1.82, 2.24) is 4.90 Å². The molecule has 0 heterocycles. The van der Waals surface area contributed by atoms with Crippen LogP contribution in [0.2, 0.25) is 0 Å². The van der Waals surface area contributed by atoms with Gasteiger partial charge in [0.05, 0.1) is 19.8 Å². The first kappa shape index (κ1) is 16.4. The number of amides is 1. The Morgan fingerprint density at radius 1 is 1.09 bits per heavy atom. The van der Waals surface area contributed by atoms with Crippen molar-refractivity contribution in [2.75, 3.05) is 21.3 Å². The van der Waals surface area contributed by atoms with Crippen LogP contribution in [0, 0.1) is 0 Å². The molecule has 5 heteroatoms. The van der Waals surface area contributed by atoms with Crippen molar-refractivity contribution in [2.24, 2.45) is 0 Å². The zero-order valence-electron chi connectivity index (χ0n) is 12.8. The van der Waals surface area contributed by atoms with Gasteiger partial charge in [-0.3, -0.25) is 4.79 Å².